The molecule has 11 rings (SSSR count). The summed E-state index contributed by atoms with van der Waals surface area (Å²) in [4.78, 5) is 76.9. The molecule has 0 spiro atoms. The topological polar surface area (TPSA) is 329 Å². The van der Waals surface area contributed by atoms with Crippen LogP contribution in [-0.4, -0.2) is 184 Å². The van der Waals surface area contributed by atoms with Crippen LogP contribution in [-0.2, 0) is 67.0 Å². The fourth-order valence-electron chi connectivity index (χ4n) is 12.5. The van der Waals surface area contributed by atoms with Gasteiger partial charge >= 0.3 is 12.7 Å². The number of anilines is 4. The molecule has 0 aliphatic carbocycles. The zero-order valence-electron chi connectivity index (χ0n) is 59.7. The smallest absolute Gasteiger partial charge is 0.406 e. The minimum atomic E-state index is -4.90. The number of carbonyl (C=O) groups excluding carboxylic acids is 5. The lowest BCUT2D eigenvalue weighted by molar-refractivity contribution is -0.275. The Labute approximate surface area is 665 Å². The van der Waals surface area contributed by atoms with Crippen LogP contribution in [0.3, 0.4) is 0 Å². The summed E-state index contributed by atoms with van der Waals surface area (Å²) < 4.78 is 140. The highest BCUT2D eigenvalue weighted by Gasteiger charge is 2.55. The average Bonchev–Trinajstić information content (AvgIpc) is 1.56. The van der Waals surface area contributed by atoms with E-state index in [1.807, 2.05) is 7.05 Å². The van der Waals surface area contributed by atoms with Gasteiger partial charge in [-0.25, -0.2) is 36.6 Å². The van der Waals surface area contributed by atoms with E-state index in [0.29, 0.717) is 30.6 Å². The molecule has 6 aromatic rings. The number of amides is 5. The van der Waals surface area contributed by atoms with Gasteiger partial charge in [0.05, 0.1) is 52.7 Å². The van der Waals surface area contributed by atoms with Gasteiger partial charge in [-0.2, -0.15) is 4.31 Å². The molecule has 26 nitrogen and oxygen atoms in total. The first kappa shape index (κ1) is 93.8. The number of aliphatic hydroxyl groups is 3. The molecule has 7 N–H and O–H groups in total. The van der Waals surface area contributed by atoms with Gasteiger partial charge < -0.3 is 46.1 Å². The van der Waals surface area contributed by atoms with Crippen LogP contribution in [0.2, 0.25) is 20.1 Å². The van der Waals surface area contributed by atoms with Crippen molar-refractivity contribution >= 4 is 141 Å². The van der Waals surface area contributed by atoms with Crippen LogP contribution in [0.4, 0.5) is 49.6 Å². The first-order chi connectivity index (χ1) is 49.4. The number of likely N-dealkylation sites (tertiary alicyclic amines) is 1. The van der Waals surface area contributed by atoms with E-state index < -0.39 is 100.0 Å². The quantitative estimate of drug-likeness (QED) is 0.0276. The Morgan fingerprint density at radius 3 is 1.29 bits per heavy atom. The molecule has 5 aliphatic heterocycles. The van der Waals surface area contributed by atoms with E-state index in [4.69, 9.17) is 57.1 Å². The minimum absolute atomic E-state index is 0. The fraction of sp³-hybridized carbons (Fsp3) is 0.500. The van der Waals surface area contributed by atoms with Gasteiger partial charge in [-0.1, -0.05) is 85.5 Å². The second-order valence-corrected chi connectivity index (χ2v) is 34.5. The first-order valence-electron chi connectivity index (χ1n) is 33.3. The van der Waals surface area contributed by atoms with Gasteiger partial charge in [0.25, 0.3) is 30.9 Å². The summed E-state index contributed by atoms with van der Waals surface area (Å²) in [6.45, 7) is 15.1. The lowest BCUT2D eigenvalue weighted by Crippen LogP contribution is -2.49. The van der Waals surface area contributed by atoms with E-state index >= 15 is 0 Å². The van der Waals surface area contributed by atoms with E-state index in [1.165, 1.54) is 102 Å². The first-order valence-corrected chi connectivity index (χ1v) is 38.5. The molecule has 610 valence electrons. The predicted molar refractivity (Wildman–Crippen MR) is 408 cm³/mol. The summed E-state index contributed by atoms with van der Waals surface area (Å²) in [6, 6.07) is 17.3. The molecule has 0 radical (unpaired) electrons. The van der Waals surface area contributed by atoms with Crippen LogP contribution in [0.5, 0.6) is 11.5 Å². The lowest BCUT2D eigenvalue weighted by atomic mass is 9.92. The van der Waals surface area contributed by atoms with Crippen molar-refractivity contribution in [1.82, 2.24) is 49.6 Å². The molecule has 2 aromatic heterocycles. The van der Waals surface area contributed by atoms with Crippen molar-refractivity contribution in [3.8, 4) is 11.5 Å². The molecule has 3 fully saturated rings. The maximum Gasteiger partial charge on any atom is 0.573 e. The molecule has 0 saturated carbocycles. The largest absolute Gasteiger partial charge is 0.573 e. The number of rotatable bonds is 20. The number of benzene rings is 4. The van der Waals surface area contributed by atoms with Crippen molar-refractivity contribution in [1.29, 1.82) is 0 Å². The predicted octanol–water partition coefficient (Wildman–Crippen LogP) is 11.7. The van der Waals surface area contributed by atoms with Gasteiger partial charge in [0, 0.05) is 69.8 Å². The Bertz CT molecular complexity index is 4440. The second-order valence-electron chi connectivity index (χ2n) is 28.4. The molecular formula is C70H90Cl6F6N12O14S2. The van der Waals surface area contributed by atoms with Crippen molar-refractivity contribution in [2.45, 2.75) is 190 Å². The number of hydrogen-bond acceptors (Lipinski definition) is 18. The van der Waals surface area contributed by atoms with Crippen LogP contribution >= 0.6 is 69.5 Å². The van der Waals surface area contributed by atoms with Crippen molar-refractivity contribution in [3.05, 3.63) is 129 Å². The zero-order chi connectivity index (χ0) is 79.5. The Balaban J connectivity index is 0.000000294. The van der Waals surface area contributed by atoms with Gasteiger partial charge in [-0.15, -0.1) is 38.7 Å². The second kappa shape index (κ2) is 36.6. The van der Waals surface area contributed by atoms with Crippen molar-refractivity contribution in [2.24, 2.45) is 0 Å². The number of aromatic nitrogens is 4. The van der Waals surface area contributed by atoms with Crippen LogP contribution in [0, 0.1) is 0 Å². The molecule has 3 saturated heterocycles. The number of fused-ring (bicyclic) bond motifs is 2. The van der Waals surface area contributed by atoms with Gasteiger partial charge in [-0.3, -0.25) is 38.0 Å². The molecule has 0 unspecified atom stereocenters. The van der Waals surface area contributed by atoms with Crippen molar-refractivity contribution < 1.29 is 91.9 Å². The fourth-order valence-corrected chi connectivity index (χ4v) is 16.3. The van der Waals surface area contributed by atoms with Gasteiger partial charge in [0.1, 0.15) is 28.6 Å². The summed E-state index contributed by atoms with van der Waals surface area (Å²) in [6.07, 6.45) is -3.34. The number of sulfonamides is 1. The number of halogens is 12. The number of likely N-dealkylation sites (N-methyl/N-ethyl adjacent to an activating group) is 1. The highest BCUT2D eigenvalue weighted by molar-refractivity contribution is 8.13. The Morgan fingerprint density at radius 2 is 0.936 bits per heavy atom. The summed E-state index contributed by atoms with van der Waals surface area (Å²) in [5.41, 5.74) is -4.85. The third-order valence-corrected chi connectivity index (χ3v) is 21.4. The third-order valence-electron chi connectivity index (χ3n) is 17.4. The van der Waals surface area contributed by atoms with Crippen molar-refractivity contribution in [2.75, 3.05) is 56.1 Å². The van der Waals surface area contributed by atoms with E-state index in [0.717, 1.165) is 84.6 Å². The summed E-state index contributed by atoms with van der Waals surface area (Å²) >= 11 is 24.6. The number of imidazole rings is 2. The molecular weight excluding hydrogens is 1620 g/mol. The zero-order valence-corrected chi connectivity index (χ0v) is 65.9. The van der Waals surface area contributed by atoms with Gasteiger partial charge in [-0.05, 0) is 186 Å². The highest BCUT2D eigenvalue weighted by atomic mass is 35.7. The van der Waals surface area contributed by atoms with Crippen LogP contribution in [0.25, 0.3) is 0 Å². The number of ether oxygens (including phenoxy) is 2. The summed E-state index contributed by atoms with van der Waals surface area (Å²) in [5.74, 6) is -2.75. The maximum atomic E-state index is 14.3. The maximum absolute atomic E-state index is 14.3. The molecule has 4 aromatic carbocycles. The molecule has 40 heteroatoms. The molecule has 5 atom stereocenters. The Morgan fingerprint density at radius 1 is 0.573 bits per heavy atom. The van der Waals surface area contributed by atoms with E-state index in [2.05, 4.69) is 45.6 Å². The normalized spacial score (nSPS) is 20.1. The number of nitrogens with zero attached hydrogens (tertiary/aromatic N) is 8. The molecule has 5 aliphatic rings. The van der Waals surface area contributed by atoms with Crippen LogP contribution < -0.4 is 40.5 Å². The number of nitrogens with one attached hydrogen (secondary N) is 4. The summed E-state index contributed by atoms with van der Waals surface area (Å²) in [5, 5.41) is 40.1. The van der Waals surface area contributed by atoms with Crippen molar-refractivity contribution in [3.63, 3.8) is 0 Å². The molecule has 7 heterocycles. The third kappa shape index (κ3) is 23.9. The molecule has 5 amide bonds. The standard InChI is InChI=1S/C29H30Cl2F3N5O6S.C20H13Cl3F3N3O4S.C10H20N2O2.C9H18N2O2.2CH4.ClH/c1-27(2,42)16-36-24(40)22-5-4-10-37(22)46(43,44)23-15-35-26-38(20-12-18(30)11-19(31)13-20)25(41)28(3,39(23)26)14-17-6-8-21(9-7-17)45-29(32,33)34;1-19(9-11-2-4-15(5-3-11)33-20(24,25)26)17(30)28(14-7-12(21)6-13(22)8-14)18-27-10-16(29(18)19)34(23,31)32;1-10(2,14)7-11-9(13)8-5-4-6-12(8)3;1-9(2,13)6-11-8(12)7-4-3-5-10-7;;;/h6-9,11-13,15,22,42H,4-5,10,14,16H2,1-3H3,(H,36,40);2-8,10H,9H2,1H3;8,14H,4-7H2,1-3H3,(H,11,13);7,10,13H,3-6H2,1-2H3,(H,11,12);2*1H4;1H/t22-,28+;19-;8-;7-;;;/m0100.../s1. The molecule has 110 heavy (non-hydrogen) atoms. The highest BCUT2D eigenvalue weighted by Crippen LogP contribution is 2.48. The Kier molecular flexibility index (Phi) is 31.2. The molecule has 0 bridgehead atoms. The monoisotopic (exact) mass is 1710 g/mol. The van der Waals surface area contributed by atoms with E-state index in [1.54, 1.807) is 27.7 Å². The number of hydrogen-bond donors (Lipinski definition) is 7. The lowest BCUT2D eigenvalue weighted by Gasteiger charge is -2.29. The van der Waals surface area contributed by atoms with E-state index in [-0.39, 0.29) is 132 Å². The van der Waals surface area contributed by atoms with Crippen LogP contribution in [0.1, 0.15) is 120 Å². The van der Waals surface area contributed by atoms with Gasteiger partial charge in [0.2, 0.25) is 29.6 Å². The van der Waals surface area contributed by atoms with E-state index in [9.17, 15) is 82.5 Å². The van der Waals surface area contributed by atoms with Crippen LogP contribution in [0.15, 0.2) is 107 Å². The SMILES string of the molecule is C.C.CC(C)(O)CNC(=O)[C@@H]1CCCN1.CC(C)(O)CNC(=O)[C@@H]1CCCN1S(=O)(=O)c1cnc2n1[C@](C)(Cc1ccc(OC(F)(F)F)cc1)C(=O)N2c1cc(Cl)cc(Cl)c1.CN1CCC[C@H]1C(=O)NCC(C)(C)O.C[C@@]1(Cc2ccc(OC(F)(F)F)cc2)C(=O)N(c2cc(Cl)cc(Cl)c2)c2ncc(S(=O)(=O)Cl)n21.Cl. The van der Waals surface area contributed by atoms with Gasteiger partial charge in [0.15, 0.2) is 10.1 Å². The Hall–Kier alpha value is -6.77. The number of carbonyl (C=O) groups is 5. The minimum Gasteiger partial charge on any atom is -0.406 e. The number of alkyl halides is 6. The summed E-state index contributed by atoms with van der Waals surface area (Å²) in [7, 11) is -1.23. The average molecular weight is 1710 g/mol.